The number of rotatable bonds is 8. The quantitative estimate of drug-likeness (QED) is 0.281. The van der Waals surface area contributed by atoms with E-state index in [-0.39, 0.29) is 35.1 Å². The SMILES string of the molecule is O=C(Cn1cc(NC(O)c2cnn3cccnc23)c(-c2cc3c(cc2OC(F)F)NCCO3)n1)N1CCCCC1. The minimum atomic E-state index is -3.09. The molecule has 1 fully saturated rings. The molecule has 0 aliphatic carbocycles. The summed E-state index contributed by atoms with van der Waals surface area (Å²) in [6.45, 7) is -0.875. The van der Waals surface area contributed by atoms with Crippen LogP contribution in [0.3, 0.4) is 0 Å². The summed E-state index contributed by atoms with van der Waals surface area (Å²) >= 11 is 0. The third-order valence-corrected chi connectivity index (χ3v) is 6.89. The van der Waals surface area contributed by atoms with Gasteiger partial charge < -0.3 is 30.1 Å². The molecule has 0 bridgehead atoms. The van der Waals surface area contributed by atoms with Gasteiger partial charge in [0.25, 0.3) is 0 Å². The van der Waals surface area contributed by atoms with Crippen molar-refractivity contribution in [3.63, 3.8) is 0 Å². The normalized spacial score (nSPS) is 15.8. The number of fused-ring (bicyclic) bond motifs is 2. The highest BCUT2D eigenvalue weighted by Crippen LogP contribution is 2.43. The number of benzene rings is 1. The Morgan fingerprint density at radius 1 is 1.25 bits per heavy atom. The smallest absolute Gasteiger partial charge is 0.387 e. The fourth-order valence-corrected chi connectivity index (χ4v) is 5.00. The van der Waals surface area contributed by atoms with Gasteiger partial charge in [0.15, 0.2) is 11.9 Å². The second kappa shape index (κ2) is 11.0. The molecule has 2 aliphatic heterocycles. The molecule has 2 aliphatic rings. The second-order valence-corrected chi connectivity index (χ2v) is 9.56. The number of hydrogen-bond acceptors (Lipinski definition) is 9. The Hall–Kier alpha value is -4.46. The highest BCUT2D eigenvalue weighted by molar-refractivity contribution is 5.83. The minimum absolute atomic E-state index is 0.0585. The zero-order valence-electron chi connectivity index (χ0n) is 21.5. The van der Waals surface area contributed by atoms with Crippen molar-refractivity contribution >= 4 is 22.9 Å². The maximum atomic E-state index is 13.5. The van der Waals surface area contributed by atoms with Crippen LogP contribution in [0.2, 0.25) is 0 Å². The lowest BCUT2D eigenvalue weighted by atomic mass is 10.1. The van der Waals surface area contributed by atoms with Crippen LogP contribution in [-0.2, 0) is 11.3 Å². The molecule has 3 aromatic heterocycles. The Balaban J connectivity index is 1.39. The molecule has 12 nitrogen and oxygen atoms in total. The van der Waals surface area contributed by atoms with Gasteiger partial charge in [-0.3, -0.25) is 9.48 Å². The first-order valence-electron chi connectivity index (χ1n) is 13.0. The number of nitrogens with zero attached hydrogens (tertiary/aromatic N) is 6. The highest BCUT2D eigenvalue weighted by atomic mass is 19.3. The first-order chi connectivity index (χ1) is 19.5. The number of aromatic nitrogens is 5. The number of carbonyl (C=O) groups is 1. The number of anilines is 2. The summed E-state index contributed by atoms with van der Waals surface area (Å²) < 4.78 is 40.5. The van der Waals surface area contributed by atoms with Crippen LogP contribution in [0.5, 0.6) is 11.5 Å². The van der Waals surface area contributed by atoms with Crippen LogP contribution in [0.4, 0.5) is 20.2 Å². The maximum absolute atomic E-state index is 13.5. The number of ether oxygens (including phenoxy) is 2. The van der Waals surface area contributed by atoms with E-state index in [1.807, 2.05) is 0 Å². The standard InChI is InChI=1S/C26H28F2N8O4/c27-26(28)40-20-12-18-21(39-10-6-29-18)11-16(20)23-19(14-35(33-23)15-22(37)34-7-2-1-3-8-34)32-25(38)17-13-31-36-9-4-5-30-24(17)36/h4-5,9,11-14,25-26,29,32,38H,1-3,6-8,10,15H2. The molecule has 40 heavy (non-hydrogen) atoms. The average molecular weight is 555 g/mol. The lowest BCUT2D eigenvalue weighted by Gasteiger charge is -2.26. The van der Waals surface area contributed by atoms with Crippen LogP contribution in [0.15, 0.2) is 43.0 Å². The molecule has 3 N–H and O–H groups in total. The van der Waals surface area contributed by atoms with E-state index in [1.165, 1.54) is 21.5 Å². The Morgan fingerprint density at radius 3 is 2.92 bits per heavy atom. The number of likely N-dealkylation sites (tertiary alicyclic amines) is 1. The molecule has 0 saturated carbocycles. The molecule has 0 radical (unpaired) electrons. The molecule has 1 unspecified atom stereocenters. The molecule has 4 aromatic rings. The lowest BCUT2D eigenvalue weighted by Crippen LogP contribution is -2.37. The van der Waals surface area contributed by atoms with Gasteiger partial charge in [0.05, 0.1) is 28.7 Å². The molecular formula is C26H28F2N8O4. The summed E-state index contributed by atoms with van der Waals surface area (Å²) in [6, 6.07) is 4.71. The molecule has 14 heteroatoms. The van der Waals surface area contributed by atoms with E-state index in [9.17, 15) is 18.7 Å². The van der Waals surface area contributed by atoms with E-state index in [2.05, 4.69) is 25.8 Å². The van der Waals surface area contributed by atoms with Gasteiger partial charge in [0.2, 0.25) is 5.91 Å². The summed E-state index contributed by atoms with van der Waals surface area (Å²) in [7, 11) is 0. The second-order valence-electron chi connectivity index (χ2n) is 9.56. The Bertz CT molecular complexity index is 1520. The van der Waals surface area contributed by atoms with Crippen molar-refractivity contribution in [3.05, 3.63) is 48.5 Å². The number of nitrogens with one attached hydrogen (secondary N) is 2. The number of hydrogen-bond donors (Lipinski definition) is 3. The van der Waals surface area contributed by atoms with E-state index in [0.29, 0.717) is 48.9 Å². The van der Waals surface area contributed by atoms with E-state index >= 15 is 0 Å². The number of aliphatic hydroxyl groups excluding tert-OH is 1. The third kappa shape index (κ3) is 5.21. The van der Waals surface area contributed by atoms with Crippen molar-refractivity contribution in [3.8, 4) is 22.8 Å². The molecule has 1 amide bonds. The summed E-state index contributed by atoms with van der Waals surface area (Å²) in [5, 5.41) is 26.0. The number of aliphatic hydroxyl groups is 1. The van der Waals surface area contributed by atoms with E-state index in [1.54, 1.807) is 35.6 Å². The predicted octanol–water partition coefficient (Wildman–Crippen LogP) is 3.11. The van der Waals surface area contributed by atoms with Gasteiger partial charge in [-0.05, 0) is 31.4 Å². The number of piperidine rings is 1. The fraction of sp³-hybridized carbons (Fsp3) is 0.385. The van der Waals surface area contributed by atoms with E-state index in [4.69, 9.17) is 9.47 Å². The maximum Gasteiger partial charge on any atom is 0.387 e. The van der Waals surface area contributed by atoms with Crippen LogP contribution in [0.25, 0.3) is 16.9 Å². The van der Waals surface area contributed by atoms with Gasteiger partial charge in [-0.2, -0.15) is 19.0 Å². The average Bonchev–Trinajstić information content (AvgIpc) is 3.57. The lowest BCUT2D eigenvalue weighted by molar-refractivity contribution is -0.132. The van der Waals surface area contributed by atoms with Crippen molar-refractivity contribution in [2.75, 3.05) is 36.9 Å². The molecule has 210 valence electrons. The van der Waals surface area contributed by atoms with Crippen LogP contribution in [0.1, 0.15) is 31.1 Å². The molecule has 5 heterocycles. The van der Waals surface area contributed by atoms with Gasteiger partial charge >= 0.3 is 6.61 Å². The van der Waals surface area contributed by atoms with Crippen LogP contribution in [0, 0.1) is 0 Å². The minimum Gasteiger partial charge on any atom is -0.490 e. The van der Waals surface area contributed by atoms with Crippen LogP contribution < -0.4 is 20.1 Å². The van der Waals surface area contributed by atoms with Gasteiger partial charge in [-0.15, -0.1) is 0 Å². The fourth-order valence-electron chi connectivity index (χ4n) is 5.00. The summed E-state index contributed by atoms with van der Waals surface area (Å²) in [5.74, 6) is 0.212. The summed E-state index contributed by atoms with van der Waals surface area (Å²) in [4.78, 5) is 19.1. The molecular weight excluding hydrogens is 526 g/mol. The molecule has 0 spiro atoms. The van der Waals surface area contributed by atoms with Crippen molar-refractivity contribution in [1.29, 1.82) is 0 Å². The molecule has 6 rings (SSSR count). The molecule has 1 atom stereocenters. The van der Waals surface area contributed by atoms with E-state index in [0.717, 1.165) is 19.3 Å². The van der Waals surface area contributed by atoms with Crippen LogP contribution in [-0.4, -0.2) is 73.1 Å². The molecule has 1 saturated heterocycles. The number of carbonyl (C=O) groups excluding carboxylic acids is 1. The Labute approximate surface area is 227 Å². The zero-order chi connectivity index (χ0) is 27.6. The zero-order valence-corrected chi connectivity index (χ0v) is 21.5. The molecule has 1 aromatic carbocycles. The third-order valence-electron chi connectivity index (χ3n) is 6.89. The van der Waals surface area contributed by atoms with Gasteiger partial charge in [-0.1, -0.05) is 0 Å². The number of halogens is 2. The first kappa shape index (κ1) is 25.8. The van der Waals surface area contributed by atoms with Gasteiger partial charge in [0.1, 0.15) is 30.3 Å². The monoisotopic (exact) mass is 554 g/mol. The Morgan fingerprint density at radius 2 is 2.10 bits per heavy atom. The van der Waals surface area contributed by atoms with Gasteiger partial charge in [-0.25, -0.2) is 9.50 Å². The van der Waals surface area contributed by atoms with Crippen molar-refractivity contribution in [2.24, 2.45) is 0 Å². The van der Waals surface area contributed by atoms with Crippen LogP contribution >= 0.6 is 0 Å². The summed E-state index contributed by atoms with van der Waals surface area (Å²) in [5.41, 5.74) is 2.04. The largest absolute Gasteiger partial charge is 0.490 e. The number of amides is 1. The predicted molar refractivity (Wildman–Crippen MR) is 140 cm³/mol. The van der Waals surface area contributed by atoms with Crippen molar-refractivity contribution in [1.82, 2.24) is 29.3 Å². The first-order valence-corrected chi connectivity index (χ1v) is 13.0. The summed E-state index contributed by atoms with van der Waals surface area (Å²) in [6.07, 6.45) is 8.01. The topological polar surface area (TPSA) is 131 Å². The van der Waals surface area contributed by atoms with E-state index < -0.39 is 12.8 Å². The number of alkyl halides is 2. The van der Waals surface area contributed by atoms with Gasteiger partial charge in [0, 0.05) is 44.3 Å². The van der Waals surface area contributed by atoms with Crippen molar-refractivity contribution in [2.45, 2.75) is 38.6 Å². The highest BCUT2D eigenvalue weighted by Gasteiger charge is 2.26. The Kier molecular flexibility index (Phi) is 7.07. The van der Waals surface area contributed by atoms with Crippen molar-refractivity contribution < 1.29 is 28.2 Å².